The number of carboxylic acid groups (broad SMARTS) is 1. The van der Waals surface area contributed by atoms with Gasteiger partial charge >= 0.3 is 6.09 Å². The molecule has 1 aliphatic rings. The fourth-order valence-corrected chi connectivity index (χ4v) is 3.76. The first kappa shape index (κ1) is 23.7. The van der Waals surface area contributed by atoms with Gasteiger partial charge in [0.1, 0.15) is 5.82 Å². The molecule has 0 saturated carbocycles. The van der Waals surface area contributed by atoms with Crippen molar-refractivity contribution in [1.29, 1.82) is 0 Å². The minimum atomic E-state index is -1.12. The maximum atomic E-state index is 14.0. The summed E-state index contributed by atoms with van der Waals surface area (Å²) in [5.74, 6) is -0.744. The lowest BCUT2D eigenvalue weighted by atomic mass is 9.93. The number of anilines is 1. The first-order valence-electron chi connectivity index (χ1n) is 10.4. The molecular weight excluding hydrogens is 437 g/mol. The molecule has 2 aromatic rings. The molecule has 2 N–H and O–H groups in total. The molecule has 1 unspecified atom stereocenters. The second-order valence-electron chi connectivity index (χ2n) is 8.27. The van der Waals surface area contributed by atoms with Crippen LogP contribution in [0.3, 0.4) is 0 Å². The van der Waals surface area contributed by atoms with E-state index in [4.69, 9.17) is 11.6 Å². The van der Waals surface area contributed by atoms with Crippen LogP contribution in [0.4, 0.5) is 15.1 Å². The highest BCUT2D eigenvalue weighted by Gasteiger charge is 2.27. The van der Waals surface area contributed by atoms with Gasteiger partial charge < -0.3 is 20.2 Å². The Balaban J connectivity index is 1.77. The second kappa shape index (κ2) is 10.1. The molecule has 32 heavy (non-hydrogen) atoms. The van der Waals surface area contributed by atoms with Crippen LogP contribution in [0.25, 0.3) is 0 Å². The fourth-order valence-electron chi connectivity index (χ4n) is 3.65. The molecule has 8 nitrogen and oxygen atoms in total. The van der Waals surface area contributed by atoms with Crippen LogP contribution < -0.4 is 5.32 Å². The molecule has 10 heteroatoms. The molecule has 172 valence electrons. The quantitative estimate of drug-likeness (QED) is 0.648. The third kappa shape index (κ3) is 5.85. The fraction of sp³-hybridized carbons (Fsp3) is 0.455. The summed E-state index contributed by atoms with van der Waals surface area (Å²) in [6.07, 6.45) is 1.34. The van der Waals surface area contributed by atoms with E-state index in [0.717, 1.165) is 16.2 Å². The minimum Gasteiger partial charge on any atom is -0.465 e. The number of hydrogen-bond donors (Lipinski definition) is 2. The minimum absolute atomic E-state index is 0.0245. The molecule has 0 spiro atoms. The van der Waals surface area contributed by atoms with Crippen molar-refractivity contribution in [1.82, 2.24) is 19.8 Å². The Hall–Kier alpha value is -2.94. The van der Waals surface area contributed by atoms with Gasteiger partial charge in [-0.05, 0) is 43.5 Å². The number of fused-ring (bicyclic) bond motifs is 1. The van der Waals surface area contributed by atoms with Gasteiger partial charge in [0.05, 0.1) is 17.3 Å². The van der Waals surface area contributed by atoms with Crippen LogP contribution in [0.15, 0.2) is 24.4 Å². The third-order valence-electron chi connectivity index (χ3n) is 5.37. The van der Waals surface area contributed by atoms with Crippen LogP contribution in [0, 0.1) is 5.82 Å². The van der Waals surface area contributed by atoms with Gasteiger partial charge in [0, 0.05) is 44.7 Å². The number of aromatic nitrogens is 2. The van der Waals surface area contributed by atoms with Gasteiger partial charge in [-0.2, -0.15) is 0 Å². The number of rotatable bonds is 7. The predicted octanol–water partition coefficient (Wildman–Crippen LogP) is 3.76. The van der Waals surface area contributed by atoms with Crippen molar-refractivity contribution in [2.75, 3.05) is 25.5 Å². The van der Waals surface area contributed by atoms with Gasteiger partial charge in [0.25, 0.3) is 0 Å². The van der Waals surface area contributed by atoms with Gasteiger partial charge in [-0.3, -0.25) is 4.79 Å². The zero-order valence-corrected chi connectivity index (χ0v) is 19.1. The first-order valence-corrected chi connectivity index (χ1v) is 10.8. The highest BCUT2D eigenvalue weighted by Crippen LogP contribution is 2.27. The lowest BCUT2D eigenvalue weighted by Crippen LogP contribution is -2.39. The van der Waals surface area contributed by atoms with Gasteiger partial charge in [-0.25, -0.2) is 19.2 Å². The zero-order chi connectivity index (χ0) is 23.4. The molecule has 0 fully saturated rings. The van der Waals surface area contributed by atoms with Crippen LogP contribution in [0.1, 0.15) is 43.0 Å². The molecule has 1 atom stereocenters. The van der Waals surface area contributed by atoms with Crippen molar-refractivity contribution >= 4 is 29.5 Å². The van der Waals surface area contributed by atoms with Gasteiger partial charge in [0.2, 0.25) is 11.9 Å². The van der Waals surface area contributed by atoms with Crippen LogP contribution in [-0.2, 0) is 17.8 Å². The number of carbonyl (C=O) groups is 2. The molecule has 1 aromatic carbocycles. The summed E-state index contributed by atoms with van der Waals surface area (Å²) < 4.78 is 14.0. The van der Waals surface area contributed by atoms with E-state index in [-0.39, 0.29) is 29.9 Å². The van der Waals surface area contributed by atoms with Gasteiger partial charge in [-0.1, -0.05) is 17.7 Å². The number of nitrogens with zero attached hydrogens (tertiary/aromatic N) is 4. The standard InChI is InChI=1S/C22H27ClFN5O3/c1-13(2)26-21-25-10-15-6-7-29(12-19(15)27-21)20(30)9-16(11-28(3)22(31)32)14-4-5-17(23)18(24)8-14/h4-5,8,10,13,16H,6-7,9,11-12H2,1-3H3,(H,31,32)(H,25,26,27). The van der Waals surface area contributed by atoms with E-state index in [2.05, 4.69) is 15.3 Å². The Labute approximate surface area is 191 Å². The Morgan fingerprint density at radius 3 is 2.78 bits per heavy atom. The lowest BCUT2D eigenvalue weighted by molar-refractivity contribution is -0.132. The van der Waals surface area contributed by atoms with Crippen molar-refractivity contribution < 1.29 is 19.1 Å². The Morgan fingerprint density at radius 2 is 2.12 bits per heavy atom. The van der Waals surface area contributed by atoms with E-state index in [1.165, 1.54) is 19.2 Å². The van der Waals surface area contributed by atoms with Gasteiger partial charge in [-0.15, -0.1) is 0 Å². The van der Waals surface area contributed by atoms with E-state index in [0.29, 0.717) is 31.0 Å². The summed E-state index contributed by atoms with van der Waals surface area (Å²) in [6, 6.07) is 4.49. The topological polar surface area (TPSA) is 98.7 Å². The number of hydrogen-bond acceptors (Lipinski definition) is 5. The van der Waals surface area contributed by atoms with Crippen molar-refractivity contribution in [2.24, 2.45) is 0 Å². The smallest absolute Gasteiger partial charge is 0.407 e. The average Bonchev–Trinajstić information content (AvgIpc) is 2.74. The number of halogens is 2. The van der Waals surface area contributed by atoms with Crippen LogP contribution in [0.5, 0.6) is 0 Å². The summed E-state index contributed by atoms with van der Waals surface area (Å²) >= 11 is 5.79. The summed E-state index contributed by atoms with van der Waals surface area (Å²) in [5.41, 5.74) is 2.32. The van der Waals surface area contributed by atoms with Crippen LogP contribution in [0.2, 0.25) is 5.02 Å². The molecule has 0 radical (unpaired) electrons. The molecule has 2 heterocycles. The van der Waals surface area contributed by atoms with E-state index in [1.807, 2.05) is 13.8 Å². The Bertz CT molecular complexity index is 1000. The normalized spacial score (nSPS) is 14.1. The van der Waals surface area contributed by atoms with E-state index < -0.39 is 17.8 Å². The van der Waals surface area contributed by atoms with Crippen LogP contribution in [-0.4, -0.2) is 63.1 Å². The number of carbonyl (C=O) groups excluding carboxylic acids is 1. The molecule has 0 saturated heterocycles. The Kier molecular flexibility index (Phi) is 7.50. The second-order valence-corrected chi connectivity index (χ2v) is 8.67. The third-order valence-corrected chi connectivity index (χ3v) is 5.68. The van der Waals surface area contributed by atoms with Crippen molar-refractivity contribution in [3.05, 3.63) is 52.1 Å². The monoisotopic (exact) mass is 463 g/mol. The molecule has 1 aromatic heterocycles. The highest BCUT2D eigenvalue weighted by molar-refractivity contribution is 6.30. The number of amides is 2. The molecule has 3 rings (SSSR count). The van der Waals surface area contributed by atoms with Gasteiger partial charge in [0.15, 0.2) is 0 Å². The van der Waals surface area contributed by atoms with Crippen molar-refractivity contribution in [3.63, 3.8) is 0 Å². The van der Waals surface area contributed by atoms with E-state index in [1.54, 1.807) is 17.2 Å². The lowest BCUT2D eigenvalue weighted by Gasteiger charge is -2.30. The zero-order valence-electron chi connectivity index (χ0n) is 18.3. The van der Waals surface area contributed by atoms with Crippen molar-refractivity contribution in [3.8, 4) is 0 Å². The number of benzene rings is 1. The van der Waals surface area contributed by atoms with Crippen molar-refractivity contribution in [2.45, 2.75) is 45.2 Å². The van der Waals surface area contributed by atoms with Crippen LogP contribution >= 0.6 is 11.6 Å². The maximum absolute atomic E-state index is 14.0. The average molecular weight is 464 g/mol. The predicted molar refractivity (Wildman–Crippen MR) is 119 cm³/mol. The Morgan fingerprint density at radius 1 is 1.38 bits per heavy atom. The number of likely N-dealkylation sites (N-methyl/N-ethyl adjacent to an activating group) is 1. The maximum Gasteiger partial charge on any atom is 0.407 e. The number of nitrogens with one attached hydrogen (secondary N) is 1. The largest absolute Gasteiger partial charge is 0.465 e. The molecule has 1 aliphatic heterocycles. The summed E-state index contributed by atoms with van der Waals surface area (Å²) in [6.45, 7) is 4.90. The molecule has 0 aliphatic carbocycles. The first-order chi connectivity index (χ1) is 15.1. The molecule has 2 amide bonds. The molecule has 0 bridgehead atoms. The summed E-state index contributed by atoms with van der Waals surface area (Å²) in [4.78, 5) is 36.1. The SMILES string of the molecule is CC(C)Nc1ncc2c(n1)CN(C(=O)CC(CN(C)C(=O)O)c1ccc(Cl)c(F)c1)CC2. The molecular formula is C22H27ClFN5O3. The summed E-state index contributed by atoms with van der Waals surface area (Å²) in [7, 11) is 1.42. The highest BCUT2D eigenvalue weighted by atomic mass is 35.5. The van der Waals surface area contributed by atoms with E-state index in [9.17, 15) is 19.1 Å². The summed E-state index contributed by atoms with van der Waals surface area (Å²) in [5, 5.41) is 12.4. The van der Waals surface area contributed by atoms with E-state index >= 15 is 0 Å².